The van der Waals surface area contributed by atoms with E-state index in [0.29, 0.717) is 5.54 Å². The first-order valence-corrected chi connectivity index (χ1v) is 8.96. The molecular weight excluding hydrogens is 268 g/mol. The lowest BCUT2D eigenvalue weighted by Crippen LogP contribution is -2.58. The highest BCUT2D eigenvalue weighted by molar-refractivity contribution is 5.25. The molecule has 2 fully saturated rings. The van der Waals surface area contributed by atoms with Crippen LogP contribution in [0, 0.1) is 12.8 Å². The first kappa shape index (κ1) is 16.0. The molecule has 0 unspecified atom stereocenters. The molecule has 2 saturated heterocycles. The first-order valence-electron chi connectivity index (χ1n) is 8.96. The van der Waals surface area contributed by atoms with Gasteiger partial charge < -0.3 is 4.90 Å². The molecule has 1 aromatic rings. The summed E-state index contributed by atoms with van der Waals surface area (Å²) in [4.78, 5) is 5.31. The van der Waals surface area contributed by atoms with Gasteiger partial charge in [-0.2, -0.15) is 0 Å². The molecule has 2 aliphatic rings. The molecule has 2 heterocycles. The third kappa shape index (κ3) is 3.72. The van der Waals surface area contributed by atoms with E-state index in [1.54, 1.807) is 5.56 Å². The maximum atomic E-state index is 2.71. The van der Waals surface area contributed by atoms with Gasteiger partial charge in [0.25, 0.3) is 0 Å². The van der Waals surface area contributed by atoms with Crippen molar-refractivity contribution in [1.29, 1.82) is 0 Å². The second-order valence-electron chi connectivity index (χ2n) is 8.43. The van der Waals surface area contributed by atoms with Crippen LogP contribution in [0.2, 0.25) is 0 Å². The molecule has 3 rings (SSSR count). The fraction of sp³-hybridized carbons (Fsp3) is 0.700. The zero-order chi connectivity index (χ0) is 15.7. The van der Waals surface area contributed by atoms with Gasteiger partial charge in [0.05, 0.1) is 0 Å². The van der Waals surface area contributed by atoms with Gasteiger partial charge in [-0.05, 0) is 71.0 Å². The topological polar surface area (TPSA) is 6.48 Å². The summed E-state index contributed by atoms with van der Waals surface area (Å²) < 4.78 is 0. The lowest BCUT2D eigenvalue weighted by molar-refractivity contribution is -0.00490. The van der Waals surface area contributed by atoms with Gasteiger partial charge in [0, 0.05) is 25.2 Å². The smallest absolute Gasteiger partial charge is 0.0125 e. The van der Waals surface area contributed by atoms with Gasteiger partial charge >= 0.3 is 0 Å². The van der Waals surface area contributed by atoms with Crippen LogP contribution >= 0.6 is 0 Å². The van der Waals surface area contributed by atoms with Crippen LogP contribution in [-0.4, -0.2) is 48.1 Å². The molecule has 0 aromatic heterocycles. The quantitative estimate of drug-likeness (QED) is 0.835. The van der Waals surface area contributed by atoms with E-state index in [2.05, 4.69) is 61.8 Å². The third-order valence-corrected chi connectivity index (χ3v) is 5.52. The maximum absolute atomic E-state index is 2.71. The molecule has 22 heavy (non-hydrogen) atoms. The van der Waals surface area contributed by atoms with Gasteiger partial charge in [-0.1, -0.05) is 29.8 Å². The van der Waals surface area contributed by atoms with Crippen molar-refractivity contribution in [3.8, 4) is 0 Å². The number of hydrogen-bond acceptors (Lipinski definition) is 2. The van der Waals surface area contributed by atoms with Crippen molar-refractivity contribution in [2.24, 2.45) is 5.92 Å². The van der Waals surface area contributed by atoms with E-state index in [4.69, 9.17) is 0 Å². The van der Waals surface area contributed by atoms with Crippen molar-refractivity contribution in [3.63, 3.8) is 0 Å². The largest absolute Gasteiger partial charge is 0.303 e. The Hall–Kier alpha value is -0.860. The van der Waals surface area contributed by atoms with Gasteiger partial charge in [0.2, 0.25) is 0 Å². The normalized spacial score (nSPS) is 22.7. The molecule has 122 valence electrons. The van der Waals surface area contributed by atoms with Crippen molar-refractivity contribution in [1.82, 2.24) is 9.80 Å². The Morgan fingerprint density at radius 2 is 1.77 bits per heavy atom. The SMILES string of the molecule is Cc1cccc(C2CCN(CC3CN(C(C)(C)C)C3)CC2)c1. The number of hydrogen-bond donors (Lipinski definition) is 0. The standard InChI is InChI=1S/C20H32N2/c1-16-6-5-7-19(12-16)18-8-10-21(11-9-18)13-17-14-22(15-17)20(2,3)4/h5-7,12,17-18H,8-11,13-15H2,1-4H3. The number of rotatable bonds is 3. The third-order valence-electron chi connectivity index (χ3n) is 5.52. The second kappa shape index (κ2) is 6.33. The van der Waals surface area contributed by atoms with Gasteiger partial charge in [0.1, 0.15) is 0 Å². The van der Waals surface area contributed by atoms with Crippen LogP contribution in [0.5, 0.6) is 0 Å². The summed E-state index contributed by atoms with van der Waals surface area (Å²) in [6.45, 7) is 15.7. The molecule has 0 atom stereocenters. The monoisotopic (exact) mass is 300 g/mol. The molecule has 2 nitrogen and oxygen atoms in total. The van der Waals surface area contributed by atoms with Gasteiger partial charge in [0.15, 0.2) is 0 Å². The average Bonchev–Trinajstić information content (AvgIpc) is 2.42. The summed E-state index contributed by atoms with van der Waals surface area (Å²) in [5.74, 6) is 1.68. The van der Waals surface area contributed by atoms with Crippen LogP contribution in [0.1, 0.15) is 50.7 Å². The van der Waals surface area contributed by atoms with Crippen LogP contribution in [-0.2, 0) is 0 Å². The Bertz CT molecular complexity index is 489. The van der Waals surface area contributed by atoms with E-state index in [0.717, 1.165) is 11.8 Å². The Kier molecular flexibility index (Phi) is 4.61. The van der Waals surface area contributed by atoms with E-state index < -0.39 is 0 Å². The molecule has 2 heteroatoms. The van der Waals surface area contributed by atoms with Crippen molar-refractivity contribution in [2.45, 2.75) is 52.0 Å². The molecule has 0 aliphatic carbocycles. The number of piperidine rings is 1. The second-order valence-corrected chi connectivity index (χ2v) is 8.43. The van der Waals surface area contributed by atoms with Crippen LogP contribution < -0.4 is 0 Å². The van der Waals surface area contributed by atoms with Gasteiger partial charge in [-0.15, -0.1) is 0 Å². The van der Waals surface area contributed by atoms with E-state index in [1.807, 2.05) is 0 Å². The van der Waals surface area contributed by atoms with Crippen molar-refractivity contribution in [2.75, 3.05) is 32.7 Å². The highest BCUT2D eigenvalue weighted by atomic mass is 15.3. The number of aryl methyl sites for hydroxylation is 1. The average molecular weight is 300 g/mol. The van der Waals surface area contributed by atoms with E-state index in [1.165, 1.54) is 51.1 Å². The van der Waals surface area contributed by atoms with Crippen LogP contribution in [0.25, 0.3) is 0 Å². The molecule has 0 saturated carbocycles. The molecule has 0 N–H and O–H groups in total. The number of benzene rings is 1. The maximum Gasteiger partial charge on any atom is 0.0125 e. The zero-order valence-electron chi connectivity index (χ0n) is 14.8. The minimum Gasteiger partial charge on any atom is -0.303 e. The Morgan fingerprint density at radius 3 is 2.36 bits per heavy atom. The summed E-state index contributed by atoms with van der Waals surface area (Å²) in [6, 6.07) is 9.12. The van der Waals surface area contributed by atoms with Crippen molar-refractivity contribution >= 4 is 0 Å². The van der Waals surface area contributed by atoms with Gasteiger partial charge in [-0.3, -0.25) is 4.90 Å². The molecule has 1 aromatic carbocycles. The lowest BCUT2D eigenvalue weighted by Gasteiger charge is -2.49. The van der Waals surface area contributed by atoms with Gasteiger partial charge in [-0.25, -0.2) is 0 Å². The van der Waals surface area contributed by atoms with E-state index in [9.17, 15) is 0 Å². The van der Waals surface area contributed by atoms with Crippen LogP contribution in [0.3, 0.4) is 0 Å². The van der Waals surface area contributed by atoms with Crippen molar-refractivity contribution in [3.05, 3.63) is 35.4 Å². The zero-order valence-corrected chi connectivity index (χ0v) is 14.8. The highest BCUT2D eigenvalue weighted by Gasteiger charge is 2.35. The summed E-state index contributed by atoms with van der Waals surface area (Å²) in [6.07, 6.45) is 2.66. The summed E-state index contributed by atoms with van der Waals surface area (Å²) in [5, 5.41) is 0. The molecule has 0 amide bonds. The molecule has 0 radical (unpaired) electrons. The van der Waals surface area contributed by atoms with Crippen molar-refractivity contribution < 1.29 is 0 Å². The molecule has 2 aliphatic heterocycles. The number of nitrogens with zero attached hydrogens (tertiary/aromatic N) is 2. The fourth-order valence-electron chi connectivity index (χ4n) is 3.97. The Balaban J connectivity index is 1.43. The molecule has 0 bridgehead atoms. The Labute approximate surface area is 136 Å². The predicted octanol–water partition coefficient (Wildman–Crippen LogP) is 3.90. The van der Waals surface area contributed by atoms with Crippen LogP contribution in [0.4, 0.5) is 0 Å². The summed E-state index contributed by atoms with van der Waals surface area (Å²) >= 11 is 0. The van der Waals surface area contributed by atoms with E-state index in [-0.39, 0.29) is 0 Å². The Morgan fingerprint density at radius 1 is 1.09 bits per heavy atom. The van der Waals surface area contributed by atoms with Crippen LogP contribution in [0.15, 0.2) is 24.3 Å². The molecular formula is C20H32N2. The predicted molar refractivity (Wildman–Crippen MR) is 94.4 cm³/mol. The number of likely N-dealkylation sites (tertiary alicyclic amines) is 2. The summed E-state index contributed by atoms with van der Waals surface area (Å²) in [5.41, 5.74) is 3.31. The summed E-state index contributed by atoms with van der Waals surface area (Å²) in [7, 11) is 0. The minimum absolute atomic E-state index is 0.356. The fourth-order valence-corrected chi connectivity index (χ4v) is 3.97. The minimum atomic E-state index is 0.356. The van der Waals surface area contributed by atoms with E-state index >= 15 is 0 Å². The highest BCUT2D eigenvalue weighted by Crippen LogP contribution is 2.31. The lowest BCUT2D eigenvalue weighted by atomic mass is 9.87. The molecule has 0 spiro atoms. The first-order chi connectivity index (χ1) is 10.4.